The van der Waals surface area contributed by atoms with Crippen molar-refractivity contribution in [3.63, 3.8) is 0 Å². The number of H-pyrrole nitrogens is 1. The molecule has 0 atom stereocenters. The zero-order valence-electron chi connectivity index (χ0n) is 19.7. The molecule has 1 N–H and O–H groups in total. The SMILES string of the molecule is CCCCCCOc1ccc(-c2cc(-c3ccc(OC(F)F)cc3)c(N3N=NCC3=O)c(=O)[nH]2)cc1. The number of benzene rings is 2. The molecule has 1 aromatic heterocycles. The van der Waals surface area contributed by atoms with Crippen LogP contribution in [0.25, 0.3) is 22.4 Å². The van der Waals surface area contributed by atoms with E-state index in [1.165, 1.54) is 30.7 Å². The molecule has 3 aromatic rings. The first-order valence-electron chi connectivity index (χ1n) is 11.7. The molecular formula is C26H26F2N4O4. The lowest BCUT2D eigenvalue weighted by Crippen LogP contribution is -2.29. The molecule has 8 nitrogen and oxygen atoms in total. The predicted molar refractivity (Wildman–Crippen MR) is 131 cm³/mol. The summed E-state index contributed by atoms with van der Waals surface area (Å²) in [4.78, 5) is 28.2. The fourth-order valence-electron chi connectivity index (χ4n) is 3.85. The molecule has 0 unspecified atom stereocenters. The van der Waals surface area contributed by atoms with Gasteiger partial charge in [0.2, 0.25) is 0 Å². The van der Waals surface area contributed by atoms with Crippen molar-refractivity contribution in [2.24, 2.45) is 10.3 Å². The summed E-state index contributed by atoms with van der Waals surface area (Å²) in [5.41, 5.74) is 1.60. The number of unbranched alkanes of at least 4 members (excludes halogenated alkanes) is 3. The first-order valence-corrected chi connectivity index (χ1v) is 11.7. The summed E-state index contributed by atoms with van der Waals surface area (Å²) in [6.07, 6.45) is 4.46. The van der Waals surface area contributed by atoms with Crippen LogP contribution >= 0.6 is 0 Å². The van der Waals surface area contributed by atoms with Crippen LogP contribution in [0, 0.1) is 0 Å². The van der Waals surface area contributed by atoms with Gasteiger partial charge in [-0.15, -0.1) is 0 Å². The van der Waals surface area contributed by atoms with Crippen LogP contribution < -0.4 is 20.0 Å². The van der Waals surface area contributed by atoms with Gasteiger partial charge in [-0.05, 0) is 60.0 Å². The van der Waals surface area contributed by atoms with Crippen LogP contribution in [0.5, 0.6) is 11.5 Å². The third-order valence-corrected chi connectivity index (χ3v) is 5.64. The van der Waals surface area contributed by atoms with E-state index in [1.54, 1.807) is 6.07 Å². The van der Waals surface area contributed by atoms with Gasteiger partial charge in [-0.2, -0.15) is 18.9 Å². The fourth-order valence-corrected chi connectivity index (χ4v) is 3.85. The van der Waals surface area contributed by atoms with E-state index in [4.69, 9.17) is 4.74 Å². The van der Waals surface area contributed by atoms with Gasteiger partial charge in [0.25, 0.3) is 11.5 Å². The lowest BCUT2D eigenvalue weighted by Gasteiger charge is -2.16. The molecule has 4 rings (SSSR count). The number of anilines is 1. The zero-order chi connectivity index (χ0) is 25.5. The van der Waals surface area contributed by atoms with E-state index in [2.05, 4.69) is 27.0 Å². The van der Waals surface area contributed by atoms with Gasteiger partial charge in [-0.1, -0.05) is 43.5 Å². The van der Waals surface area contributed by atoms with Crippen molar-refractivity contribution in [1.82, 2.24) is 4.98 Å². The number of aromatic amines is 1. The van der Waals surface area contributed by atoms with Crippen molar-refractivity contribution in [2.45, 2.75) is 39.2 Å². The molecule has 1 aliphatic heterocycles. The van der Waals surface area contributed by atoms with Crippen LogP contribution in [0.4, 0.5) is 14.5 Å². The number of ether oxygens (including phenoxy) is 2. The monoisotopic (exact) mass is 496 g/mol. The zero-order valence-corrected chi connectivity index (χ0v) is 19.7. The predicted octanol–water partition coefficient (Wildman–Crippen LogP) is 5.98. The van der Waals surface area contributed by atoms with Gasteiger partial charge >= 0.3 is 6.61 Å². The molecule has 1 amide bonds. The smallest absolute Gasteiger partial charge is 0.387 e. The van der Waals surface area contributed by atoms with E-state index >= 15 is 0 Å². The molecule has 0 radical (unpaired) electrons. The van der Waals surface area contributed by atoms with E-state index in [0.29, 0.717) is 23.4 Å². The highest BCUT2D eigenvalue weighted by atomic mass is 19.3. The van der Waals surface area contributed by atoms with Gasteiger partial charge in [0.05, 0.1) is 6.61 Å². The number of nitrogens with zero attached hydrogens (tertiary/aromatic N) is 3. The second kappa shape index (κ2) is 11.6. The molecule has 0 aliphatic carbocycles. The molecule has 0 bridgehead atoms. The van der Waals surface area contributed by atoms with E-state index in [1.807, 2.05) is 24.3 Å². The highest BCUT2D eigenvalue weighted by Crippen LogP contribution is 2.34. The first kappa shape index (κ1) is 25.0. The summed E-state index contributed by atoms with van der Waals surface area (Å²) in [5, 5.41) is 8.46. The number of nitrogens with one attached hydrogen (secondary N) is 1. The molecule has 0 saturated carbocycles. The maximum atomic E-state index is 13.1. The van der Waals surface area contributed by atoms with Crippen LogP contribution in [-0.2, 0) is 4.79 Å². The van der Waals surface area contributed by atoms with Crippen molar-refractivity contribution in [1.29, 1.82) is 0 Å². The van der Waals surface area contributed by atoms with Gasteiger partial charge in [0, 0.05) is 11.3 Å². The van der Waals surface area contributed by atoms with Crippen molar-refractivity contribution < 1.29 is 23.0 Å². The average Bonchev–Trinajstić information content (AvgIpc) is 3.29. The highest BCUT2D eigenvalue weighted by molar-refractivity contribution is 5.99. The minimum absolute atomic E-state index is 0.000407. The van der Waals surface area contributed by atoms with Crippen molar-refractivity contribution >= 4 is 11.6 Å². The fraction of sp³-hybridized carbons (Fsp3) is 0.308. The first-order chi connectivity index (χ1) is 17.5. The number of pyridine rings is 1. The van der Waals surface area contributed by atoms with E-state index in [9.17, 15) is 18.4 Å². The summed E-state index contributed by atoms with van der Waals surface area (Å²) < 4.78 is 35.3. The van der Waals surface area contributed by atoms with Gasteiger partial charge in [0.15, 0.2) is 0 Å². The number of aromatic nitrogens is 1. The Hall–Kier alpha value is -4.08. The molecule has 1 aliphatic rings. The number of amides is 1. The molecule has 0 saturated heterocycles. The third-order valence-electron chi connectivity index (χ3n) is 5.64. The Morgan fingerprint density at radius 1 is 0.972 bits per heavy atom. The van der Waals surface area contributed by atoms with Crippen LogP contribution in [-0.4, -0.2) is 30.7 Å². The molecule has 0 spiro atoms. The van der Waals surface area contributed by atoms with E-state index in [0.717, 1.165) is 35.6 Å². The topological polar surface area (TPSA) is 96.3 Å². The largest absolute Gasteiger partial charge is 0.494 e. The minimum Gasteiger partial charge on any atom is -0.494 e. The molecule has 36 heavy (non-hydrogen) atoms. The summed E-state index contributed by atoms with van der Waals surface area (Å²) in [5.74, 6) is 0.252. The molecule has 2 aromatic carbocycles. The number of hydrogen-bond donors (Lipinski definition) is 1. The summed E-state index contributed by atoms with van der Waals surface area (Å²) in [7, 11) is 0. The van der Waals surface area contributed by atoms with Crippen LogP contribution in [0.2, 0.25) is 0 Å². The van der Waals surface area contributed by atoms with E-state index in [-0.39, 0.29) is 18.0 Å². The van der Waals surface area contributed by atoms with Gasteiger partial charge in [-0.25, -0.2) is 0 Å². The molecule has 10 heteroatoms. The second-order valence-corrected chi connectivity index (χ2v) is 8.21. The van der Waals surface area contributed by atoms with E-state index < -0.39 is 18.1 Å². The number of alkyl halides is 2. The maximum absolute atomic E-state index is 13.1. The Balaban J connectivity index is 1.65. The van der Waals surface area contributed by atoms with Crippen molar-refractivity contribution in [3.8, 4) is 33.9 Å². The number of hydrogen-bond acceptors (Lipinski definition) is 6. The Labute approximate surface area is 206 Å². The van der Waals surface area contributed by atoms with Crippen LogP contribution in [0.1, 0.15) is 32.6 Å². The Morgan fingerprint density at radius 2 is 1.67 bits per heavy atom. The average molecular weight is 497 g/mol. The molecule has 2 heterocycles. The summed E-state index contributed by atoms with van der Waals surface area (Å²) in [6, 6.07) is 14.8. The summed E-state index contributed by atoms with van der Waals surface area (Å²) >= 11 is 0. The Bertz CT molecular complexity index is 1270. The summed E-state index contributed by atoms with van der Waals surface area (Å²) in [6.45, 7) is -0.324. The standard InChI is InChI=1S/C26H26F2N4O4/c1-2-3-4-5-14-35-19-10-8-18(9-11-19)22-15-21(17-6-12-20(13-7-17)36-26(27)28)24(25(34)30-22)32-23(33)16-29-31-32/h6-13,15,26H,2-5,14,16H2,1H3,(H,30,34). The minimum atomic E-state index is -2.96. The van der Waals surface area contributed by atoms with Gasteiger partial charge in [0.1, 0.15) is 23.7 Å². The maximum Gasteiger partial charge on any atom is 0.387 e. The normalized spacial score (nSPS) is 13.0. The Kier molecular flexibility index (Phi) is 8.04. The van der Waals surface area contributed by atoms with Gasteiger partial charge < -0.3 is 14.5 Å². The number of carbonyl (C=O) groups excluding carboxylic acids is 1. The third kappa shape index (κ3) is 5.94. The Morgan fingerprint density at radius 3 is 2.31 bits per heavy atom. The molecule has 188 valence electrons. The lowest BCUT2D eigenvalue weighted by molar-refractivity contribution is -0.116. The molecular weight excluding hydrogens is 470 g/mol. The number of halogens is 2. The highest BCUT2D eigenvalue weighted by Gasteiger charge is 2.27. The number of rotatable bonds is 11. The quantitative estimate of drug-likeness (QED) is 0.330. The van der Waals surface area contributed by atoms with Crippen LogP contribution in [0.3, 0.4) is 0 Å². The van der Waals surface area contributed by atoms with Crippen LogP contribution in [0.15, 0.2) is 69.7 Å². The molecule has 0 fully saturated rings. The van der Waals surface area contributed by atoms with Gasteiger partial charge in [-0.3, -0.25) is 9.59 Å². The van der Waals surface area contributed by atoms with Crippen molar-refractivity contribution in [2.75, 3.05) is 18.2 Å². The second-order valence-electron chi connectivity index (χ2n) is 8.21. The lowest BCUT2D eigenvalue weighted by atomic mass is 10.0. The van der Waals surface area contributed by atoms with Crippen molar-refractivity contribution in [3.05, 3.63) is 65.0 Å². The number of carbonyl (C=O) groups is 1.